The van der Waals surface area contributed by atoms with E-state index in [4.69, 9.17) is 10.2 Å². The van der Waals surface area contributed by atoms with Gasteiger partial charge in [-0.1, -0.05) is 60.7 Å². The Kier molecular flexibility index (Phi) is 5.79. The van der Waals surface area contributed by atoms with Crippen LogP contribution in [-0.4, -0.2) is 4.98 Å². The first-order valence-electron chi connectivity index (χ1n) is 11.8. The van der Waals surface area contributed by atoms with Gasteiger partial charge in [-0.2, -0.15) is 10.5 Å². The minimum Gasteiger partial charge on any atom is -0.236 e. The van der Waals surface area contributed by atoms with E-state index in [1.54, 1.807) is 11.3 Å². The molecule has 0 fully saturated rings. The van der Waals surface area contributed by atoms with Gasteiger partial charge in [-0.05, 0) is 88.0 Å². The maximum absolute atomic E-state index is 9.21. The van der Waals surface area contributed by atoms with Gasteiger partial charge in [0.1, 0.15) is 5.01 Å². The standard InChI is InChI=1S/C33H19N3S/c34-20-22-5-9-24(10-6-22)25-13-15-27(16-14-25)29-17-28(26-11-7-23(21-35)8-12-26)18-30(19-29)33-36-31-3-1-2-4-32(31)37-33/h1-19H. The molecule has 0 amide bonds. The van der Waals surface area contributed by atoms with Crippen LogP contribution in [0.5, 0.6) is 0 Å². The van der Waals surface area contributed by atoms with Crippen LogP contribution in [0.3, 0.4) is 0 Å². The maximum Gasteiger partial charge on any atom is 0.124 e. The number of thiazole rings is 1. The van der Waals surface area contributed by atoms with Crippen LogP contribution < -0.4 is 0 Å². The summed E-state index contributed by atoms with van der Waals surface area (Å²) in [4.78, 5) is 4.90. The van der Waals surface area contributed by atoms with E-state index in [1.165, 1.54) is 0 Å². The van der Waals surface area contributed by atoms with E-state index in [1.807, 2.05) is 66.7 Å². The molecule has 0 radical (unpaired) electrons. The SMILES string of the molecule is N#Cc1ccc(-c2ccc(-c3cc(-c4ccc(C#N)cc4)cc(-c4nc5ccccc5s4)c3)cc2)cc1. The van der Waals surface area contributed by atoms with Crippen molar-refractivity contribution in [2.24, 2.45) is 0 Å². The maximum atomic E-state index is 9.21. The predicted octanol–water partition coefficient (Wildman–Crippen LogP) is 8.71. The third-order valence-corrected chi connectivity index (χ3v) is 7.47. The molecule has 0 N–H and O–H groups in total. The number of rotatable bonds is 4. The molecule has 6 aromatic rings. The lowest BCUT2D eigenvalue weighted by Gasteiger charge is -2.11. The van der Waals surface area contributed by atoms with Gasteiger partial charge in [-0.3, -0.25) is 0 Å². The average Bonchev–Trinajstić information content (AvgIpc) is 3.42. The van der Waals surface area contributed by atoms with Gasteiger partial charge in [0.25, 0.3) is 0 Å². The van der Waals surface area contributed by atoms with Crippen molar-refractivity contribution < 1.29 is 0 Å². The number of hydrogen-bond acceptors (Lipinski definition) is 4. The second-order valence-electron chi connectivity index (χ2n) is 8.74. The Morgan fingerprint density at radius 2 is 0.919 bits per heavy atom. The first kappa shape index (κ1) is 22.4. The van der Waals surface area contributed by atoms with Crippen LogP contribution in [-0.2, 0) is 0 Å². The lowest BCUT2D eigenvalue weighted by molar-refractivity contribution is 1.47. The monoisotopic (exact) mass is 489 g/mol. The van der Waals surface area contributed by atoms with Crippen molar-refractivity contribution in [3.05, 3.63) is 126 Å². The highest BCUT2D eigenvalue weighted by Crippen LogP contribution is 2.37. The number of benzene rings is 5. The first-order chi connectivity index (χ1) is 18.2. The summed E-state index contributed by atoms with van der Waals surface area (Å²) in [6, 6.07) is 42.9. The molecular weight excluding hydrogens is 470 g/mol. The van der Waals surface area contributed by atoms with Gasteiger partial charge in [0.05, 0.1) is 33.5 Å². The molecule has 4 heteroatoms. The lowest BCUT2D eigenvalue weighted by Crippen LogP contribution is -1.87. The van der Waals surface area contributed by atoms with Crippen molar-refractivity contribution in [2.75, 3.05) is 0 Å². The molecule has 0 aliphatic heterocycles. The Labute approximate surface area is 219 Å². The Morgan fingerprint density at radius 1 is 0.486 bits per heavy atom. The summed E-state index contributed by atoms with van der Waals surface area (Å²) in [6.45, 7) is 0. The fourth-order valence-corrected chi connectivity index (χ4v) is 5.36. The van der Waals surface area contributed by atoms with Gasteiger partial charge in [-0.15, -0.1) is 11.3 Å². The van der Waals surface area contributed by atoms with E-state index in [-0.39, 0.29) is 0 Å². The number of nitriles is 2. The summed E-state index contributed by atoms with van der Waals surface area (Å²) in [5.74, 6) is 0. The molecule has 0 spiro atoms. The van der Waals surface area contributed by atoms with Gasteiger partial charge in [0.2, 0.25) is 0 Å². The van der Waals surface area contributed by atoms with Crippen LogP contribution in [0, 0.1) is 22.7 Å². The van der Waals surface area contributed by atoms with Crippen molar-refractivity contribution in [1.29, 1.82) is 10.5 Å². The molecule has 0 saturated heterocycles. The second kappa shape index (κ2) is 9.55. The van der Waals surface area contributed by atoms with Crippen LogP contribution in [0.15, 0.2) is 115 Å². The highest BCUT2D eigenvalue weighted by atomic mass is 32.1. The molecular formula is C33H19N3S. The molecule has 0 atom stereocenters. The molecule has 37 heavy (non-hydrogen) atoms. The number of aromatic nitrogens is 1. The van der Waals surface area contributed by atoms with Gasteiger partial charge in [0, 0.05) is 5.56 Å². The van der Waals surface area contributed by atoms with Crippen LogP contribution in [0.2, 0.25) is 0 Å². The zero-order valence-corrected chi connectivity index (χ0v) is 20.5. The Bertz CT molecular complexity index is 1780. The fourth-order valence-electron chi connectivity index (χ4n) is 4.41. The molecule has 0 aliphatic rings. The Balaban J connectivity index is 1.44. The molecule has 172 valence electrons. The lowest BCUT2D eigenvalue weighted by atomic mass is 9.94. The van der Waals surface area contributed by atoms with Crippen molar-refractivity contribution in [2.45, 2.75) is 0 Å². The van der Waals surface area contributed by atoms with Gasteiger partial charge in [-0.25, -0.2) is 4.98 Å². The summed E-state index contributed by atoms with van der Waals surface area (Å²) in [7, 11) is 0. The van der Waals surface area contributed by atoms with Crippen molar-refractivity contribution in [3.63, 3.8) is 0 Å². The van der Waals surface area contributed by atoms with E-state index in [0.717, 1.165) is 54.2 Å². The minimum absolute atomic E-state index is 0.643. The molecule has 0 unspecified atom stereocenters. The number of hydrogen-bond donors (Lipinski definition) is 0. The van der Waals surface area contributed by atoms with E-state index in [0.29, 0.717) is 11.1 Å². The fraction of sp³-hybridized carbons (Fsp3) is 0. The summed E-state index contributed by atoms with van der Waals surface area (Å²) >= 11 is 1.69. The van der Waals surface area contributed by atoms with Crippen molar-refractivity contribution in [1.82, 2.24) is 4.98 Å². The third kappa shape index (κ3) is 4.50. The minimum atomic E-state index is 0.643. The number of fused-ring (bicyclic) bond motifs is 1. The molecule has 0 bridgehead atoms. The molecule has 0 saturated carbocycles. The highest BCUT2D eigenvalue weighted by molar-refractivity contribution is 7.21. The van der Waals surface area contributed by atoms with Crippen LogP contribution in [0.4, 0.5) is 0 Å². The van der Waals surface area contributed by atoms with Crippen molar-refractivity contribution >= 4 is 21.6 Å². The number of nitrogens with zero attached hydrogens (tertiary/aromatic N) is 3. The zero-order chi connectivity index (χ0) is 25.2. The quantitative estimate of drug-likeness (QED) is 0.249. The van der Waals surface area contributed by atoms with Gasteiger partial charge >= 0.3 is 0 Å². The normalized spacial score (nSPS) is 10.6. The second-order valence-corrected chi connectivity index (χ2v) is 9.77. The summed E-state index contributed by atoms with van der Waals surface area (Å²) in [5.41, 5.74) is 9.87. The summed E-state index contributed by atoms with van der Waals surface area (Å²) < 4.78 is 1.16. The van der Waals surface area contributed by atoms with Crippen LogP contribution in [0.25, 0.3) is 54.2 Å². The largest absolute Gasteiger partial charge is 0.236 e. The van der Waals surface area contributed by atoms with Gasteiger partial charge < -0.3 is 0 Å². The highest BCUT2D eigenvalue weighted by Gasteiger charge is 2.12. The first-order valence-corrected chi connectivity index (χ1v) is 12.6. The average molecular weight is 490 g/mol. The third-order valence-electron chi connectivity index (χ3n) is 6.39. The van der Waals surface area contributed by atoms with E-state index < -0.39 is 0 Å². The van der Waals surface area contributed by atoms with Crippen LogP contribution >= 0.6 is 11.3 Å². The summed E-state index contributed by atoms with van der Waals surface area (Å²) in [5, 5.41) is 19.3. The van der Waals surface area contributed by atoms with E-state index in [2.05, 4.69) is 60.7 Å². The van der Waals surface area contributed by atoms with Crippen LogP contribution in [0.1, 0.15) is 11.1 Å². The van der Waals surface area contributed by atoms with Gasteiger partial charge in [0.15, 0.2) is 0 Å². The molecule has 1 aromatic heterocycles. The van der Waals surface area contributed by atoms with E-state index in [9.17, 15) is 5.26 Å². The number of para-hydroxylation sites is 1. The topological polar surface area (TPSA) is 60.5 Å². The summed E-state index contributed by atoms with van der Waals surface area (Å²) in [6.07, 6.45) is 0. The molecule has 6 rings (SSSR count). The smallest absolute Gasteiger partial charge is 0.124 e. The molecule has 5 aromatic carbocycles. The Morgan fingerprint density at radius 3 is 1.41 bits per heavy atom. The van der Waals surface area contributed by atoms with E-state index >= 15 is 0 Å². The molecule has 3 nitrogen and oxygen atoms in total. The Hall–Kier alpha value is -5.03. The molecule has 0 aliphatic carbocycles. The van der Waals surface area contributed by atoms with Crippen molar-refractivity contribution in [3.8, 4) is 56.1 Å². The molecule has 1 heterocycles. The predicted molar refractivity (Wildman–Crippen MR) is 151 cm³/mol. The zero-order valence-electron chi connectivity index (χ0n) is 19.7.